The number of hydrogen-bond acceptors (Lipinski definition) is 7. The van der Waals surface area contributed by atoms with E-state index >= 15 is 0 Å². The topological polar surface area (TPSA) is 103 Å². The van der Waals surface area contributed by atoms with Crippen LogP contribution in [0.1, 0.15) is 28.6 Å². The summed E-state index contributed by atoms with van der Waals surface area (Å²) in [5, 5.41) is 20.5. The van der Waals surface area contributed by atoms with Crippen LogP contribution in [-0.4, -0.2) is 71.1 Å². The molecule has 1 fully saturated rings. The first-order valence-corrected chi connectivity index (χ1v) is 9.97. The smallest absolute Gasteiger partial charge is 0.290 e. The van der Waals surface area contributed by atoms with Crippen LogP contribution < -0.4 is 0 Å². The van der Waals surface area contributed by atoms with E-state index in [1.165, 1.54) is 29.4 Å². The van der Waals surface area contributed by atoms with Crippen LogP contribution >= 0.6 is 0 Å². The largest absolute Gasteiger partial charge is 0.508 e. The van der Waals surface area contributed by atoms with E-state index in [1.54, 1.807) is 18.2 Å². The number of nitrogens with zero attached hydrogens (tertiary/aromatic N) is 2. The van der Waals surface area contributed by atoms with Crippen molar-refractivity contribution >= 4 is 11.7 Å². The number of ether oxygens (including phenoxy) is 1. The highest BCUT2D eigenvalue weighted by atomic mass is 16.5. The molecule has 8 nitrogen and oxygen atoms in total. The van der Waals surface area contributed by atoms with E-state index in [2.05, 4.69) is 4.90 Å². The highest BCUT2D eigenvalue weighted by Crippen LogP contribution is 2.39. The van der Waals surface area contributed by atoms with Gasteiger partial charge in [0.15, 0.2) is 11.5 Å². The standard InChI is InChI=1S/C22H24N2O6/c25-16-5-1-4-15(14-16)19-18(20(26)17-6-2-11-30-17)21(27)22(28)24(19)8-3-7-23-9-12-29-13-10-23/h1-2,4-6,11,14,19,25,27H,3,7-10,12-13H2/t19-/m0/s1. The lowest BCUT2D eigenvalue weighted by atomic mass is 9.95. The number of phenolic OH excluding ortho intramolecular Hbond substituents is 1. The van der Waals surface area contributed by atoms with Crippen molar-refractivity contribution in [2.24, 2.45) is 0 Å². The molecule has 3 heterocycles. The summed E-state index contributed by atoms with van der Waals surface area (Å²) in [6.45, 7) is 4.21. The lowest BCUT2D eigenvalue weighted by Gasteiger charge is -2.30. The van der Waals surface area contributed by atoms with Crippen LogP contribution in [-0.2, 0) is 9.53 Å². The second-order valence-corrected chi connectivity index (χ2v) is 7.37. The zero-order valence-corrected chi connectivity index (χ0v) is 16.5. The van der Waals surface area contributed by atoms with Crippen molar-refractivity contribution in [3.8, 4) is 5.75 Å². The van der Waals surface area contributed by atoms with Crippen molar-refractivity contribution < 1.29 is 29.0 Å². The summed E-state index contributed by atoms with van der Waals surface area (Å²) in [5.74, 6) is -1.65. The van der Waals surface area contributed by atoms with Gasteiger partial charge < -0.3 is 24.3 Å². The Morgan fingerprint density at radius 1 is 1.10 bits per heavy atom. The lowest BCUT2D eigenvalue weighted by molar-refractivity contribution is -0.129. The number of Topliss-reactive ketones (excluding diaryl/α,β-unsaturated/α-hetero) is 1. The Labute approximate surface area is 174 Å². The normalized spacial score (nSPS) is 20.2. The van der Waals surface area contributed by atoms with E-state index in [0.717, 1.165) is 19.6 Å². The van der Waals surface area contributed by atoms with Crippen LogP contribution in [0.4, 0.5) is 0 Å². The number of aromatic hydroxyl groups is 1. The summed E-state index contributed by atoms with van der Waals surface area (Å²) in [7, 11) is 0. The van der Waals surface area contributed by atoms with Gasteiger partial charge in [-0.2, -0.15) is 0 Å². The van der Waals surface area contributed by atoms with Gasteiger partial charge in [0.1, 0.15) is 5.75 Å². The first kappa shape index (κ1) is 20.2. The van der Waals surface area contributed by atoms with Crippen LogP contribution in [0.15, 0.2) is 58.4 Å². The second kappa shape index (κ2) is 8.73. The first-order chi connectivity index (χ1) is 14.6. The van der Waals surface area contributed by atoms with E-state index in [4.69, 9.17) is 9.15 Å². The minimum absolute atomic E-state index is 0.0180. The summed E-state index contributed by atoms with van der Waals surface area (Å²) in [4.78, 5) is 29.7. The highest BCUT2D eigenvalue weighted by Gasteiger charge is 2.44. The molecule has 2 aliphatic heterocycles. The van der Waals surface area contributed by atoms with Gasteiger partial charge in [0.2, 0.25) is 5.78 Å². The molecular formula is C22H24N2O6. The molecule has 0 bridgehead atoms. The minimum Gasteiger partial charge on any atom is -0.508 e. The minimum atomic E-state index is -0.799. The van der Waals surface area contributed by atoms with Crippen molar-refractivity contribution in [3.63, 3.8) is 0 Å². The van der Waals surface area contributed by atoms with E-state index in [1.807, 2.05) is 0 Å². The number of furan rings is 1. The number of benzene rings is 1. The van der Waals surface area contributed by atoms with Crippen LogP contribution in [0.25, 0.3) is 0 Å². The molecule has 1 atom stereocenters. The molecule has 1 aromatic heterocycles. The van der Waals surface area contributed by atoms with Gasteiger partial charge >= 0.3 is 0 Å². The number of rotatable bonds is 7. The first-order valence-electron chi connectivity index (χ1n) is 9.97. The van der Waals surface area contributed by atoms with E-state index < -0.39 is 23.5 Å². The van der Waals surface area contributed by atoms with E-state index in [-0.39, 0.29) is 17.1 Å². The van der Waals surface area contributed by atoms with E-state index in [9.17, 15) is 19.8 Å². The second-order valence-electron chi connectivity index (χ2n) is 7.37. The molecule has 1 amide bonds. The summed E-state index contributed by atoms with van der Waals surface area (Å²) in [5.41, 5.74) is 0.514. The van der Waals surface area contributed by atoms with Crippen molar-refractivity contribution in [3.05, 3.63) is 65.3 Å². The molecule has 1 saturated heterocycles. The fraction of sp³-hybridized carbons (Fsp3) is 0.364. The Kier molecular flexibility index (Phi) is 5.87. The molecule has 2 aromatic rings. The monoisotopic (exact) mass is 412 g/mol. The molecule has 0 aliphatic carbocycles. The third kappa shape index (κ3) is 3.96. The number of aliphatic hydroxyl groups excluding tert-OH is 1. The highest BCUT2D eigenvalue weighted by molar-refractivity contribution is 6.15. The van der Waals surface area contributed by atoms with E-state index in [0.29, 0.717) is 31.7 Å². The number of carbonyl (C=O) groups excluding carboxylic acids is 2. The Hall–Kier alpha value is -3.10. The van der Waals surface area contributed by atoms with Crippen molar-refractivity contribution in [2.75, 3.05) is 39.4 Å². The average molecular weight is 412 g/mol. The molecule has 2 aliphatic rings. The zero-order chi connectivity index (χ0) is 21.1. The Bertz CT molecular complexity index is 946. The zero-order valence-electron chi connectivity index (χ0n) is 16.5. The van der Waals surface area contributed by atoms with Gasteiger partial charge in [0.05, 0.1) is 31.1 Å². The summed E-state index contributed by atoms with van der Waals surface area (Å²) in [6, 6.07) is 8.65. The van der Waals surface area contributed by atoms with Gasteiger partial charge in [-0.3, -0.25) is 14.5 Å². The fourth-order valence-electron chi connectivity index (χ4n) is 3.99. The maximum Gasteiger partial charge on any atom is 0.290 e. The quantitative estimate of drug-likeness (QED) is 0.673. The van der Waals surface area contributed by atoms with Crippen LogP contribution in [0.5, 0.6) is 5.75 Å². The van der Waals surface area contributed by atoms with Crippen LogP contribution in [0.2, 0.25) is 0 Å². The summed E-state index contributed by atoms with van der Waals surface area (Å²) in [6.07, 6.45) is 2.04. The molecule has 4 rings (SSSR count). The molecule has 1 aromatic carbocycles. The Morgan fingerprint density at radius 2 is 1.90 bits per heavy atom. The number of carbonyl (C=O) groups is 2. The van der Waals surface area contributed by atoms with Gasteiger partial charge in [-0.05, 0) is 36.2 Å². The number of phenols is 1. The SMILES string of the molecule is O=C(C1=C(O)C(=O)N(CCCN2CCOCC2)[C@H]1c1cccc(O)c1)c1ccco1. The molecule has 2 N–H and O–H groups in total. The Balaban J connectivity index is 1.60. The fourth-order valence-corrected chi connectivity index (χ4v) is 3.99. The maximum atomic E-state index is 13.0. The third-order valence-corrected chi connectivity index (χ3v) is 5.46. The summed E-state index contributed by atoms with van der Waals surface area (Å²) >= 11 is 0. The average Bonchev–Trinajstić information content (AvgIpc) is 3.37. The molecule has 30 heavy (non-hydrogen) atoms. The van der Waals surface area contributed by atoms with Gasteiger partial charge in [-0.1, -0.05) is 12.1 Å². The molecular weight excluding hydrogens is 388 g/mol. The van der Waals surface area contributed by atoms with Crippen LogP contribution in [0, 0.1) is 0 Å². The molecule has 0 radical (unpaired) electrons. The van der Waals surface area contributed by atoms with Gasteiger partial charge in [0.25, 0.3) is 5.91 Å². The number of aliphatic hydroxyl groups is 1. The summed E-state index contributed by atoms with van der Waals surface area (Å²) < 4.78 is 10.6. The van der Waals surface area contributed by atoms with Crippen molar-refractivity contribution in [1.82, 2.24) is 9.80 Å². The predicted molar refractivity (Wildman–Crippen MR) is 107 cm³/mol. The van der Waals surface area contributed by atoms with Gasteiger partial charge in [-0.15, -0.1) is 0 Å². The van der Waals surface area contributed by atoms with Crippen molar-refractivity contribution in [1.29, 1.82) is 0 Å². The molecule has 158 valence electrons. The van der Waals surface area contributed by atoms with Gasteiger partial charge in [0, 0.05) is 26.2 Å². The number of amides is 1. The maximum absolute atomic E-state index is 13.0. The molecule has 8 heteroatoms. The number of morpholine rings is 1. The Morgan fingerprint density at radius 3 is 2.60 bits per heavy atom. The van der Waals surface area contributed by atoms with Gasteiger partial charge in [-0.25, -0.2) is 0 Å². The molecule has 0 spiro atoms. The molecule has 0 saturated carbocycles. The van der Waals surface area contributed by atoms with Crippen LogP contribution in [0.3, 0.4) is 0 Å². The lowest BCUT2D eigenvalue weighted by Crippen LogP contribution is -2.39. The number of ketones is 1. The number of hydrogen-bond donors (Lipinski definition) is 2. The predicted octanol–water partition coefficient (Wildman–Crippen LogP) is 2.29. The van der Waals surface area contributed by atoms with Crippen molar-refractivity contribution in [2.45, 2.75) is 12.5 Å². The third-order valence-electron chi connectivity index (χ3n) is 5.46. The molecule has 0 unspecified atom stereocenters.